The van der Waals surface area contributed by atoms with Gasteiger partial charge in [-0.15, -0.1) is 11.3 Å². The number of amides is 2. The van der Waals surface area contributed by atoms with Crippen molar-refractivity contribution < 1.29 is 18.0 Å². The summed E-state index contributed by atoms with van der Waals surface area (Å²) in [7, 11) is -3.78. The summed E-state index contributed by atoms with van der Waals surface area (Å²) in [6, 6.07) is 11.8. The minimum atomic E-state index is -3.78. The monoisotopic (exact) mass is 475 g/mol. The molecule has 0 aliphatic heterocycles. The highest BCUT2D eigenvalue weighted by molar-refractivity contribution is 7.92. The third kappa shape index (κ3) is 4.43. The lowest BCUT2D eigenvalue weighted by Gasteiger charge is -2.09. The molecule has 31 heavy (non-hydrogen) atoms. The van der Waals surface area contributed by atoms with Gasteiger partial charge in [-0.05, 0) is 73.4 Å². The molecule has 7 nitrogen and oxygen atoms in total. The fraction of sp³-hybridized carbons (Fsp3) is 0.143. The summed E-state index contributed by atoms with van der Waals surface area (Å²) in [6.45, 7) is 0. The molecule has 10 heteroatoms. The Labute approximate surface area is 188 Å². The molecular formula is C21H18ClN3O4S2. The lowest BCUT2D eigenvalue weighted by molar-refractivity contribution is 0.100. The van der Waals surface area contributed by atoms with Crippen LogP contribution >= 0.6 is 22.9 Å². The number of thiophene rings is 1. The van der Waals surface area contributed by atoms with E-state index in [0.29, 0.717) is 26.8 Å². The number of carbonyl (C=O) groups excluding carboxylic acids is 2. The lowest BCUT2D eigenvalue weighted by atomic mass is 10.1. The van der Waals surface area contributed by atoms with E-state index in [9.17, 15) is 18.0 Å². The van der Waals surface area contributed by atoms with E-state index >= 15 is 0 Å². The zero-order valence-corrected chi connectivity index (χ0v) is 18.5. The van der Waals surface area contributed by atoms with E-state index in [0.717, 1.165) is 29.7 Å². The molecule has 3 aromatic rings. The number of nitrogens with two attached hydrogens (primary N) is 1. The first kappa shape index (κ1) is 21.4. The number of rotatable bonds is 6. The van der Waals surface area contributed by atoms with Gasteiger partial charge in [0.15, 0.2) is 0 Å². The Morgan fingerprint density at radius 2 is 1.68 bits per heavy atom. The van der Waals surface area contributed by atoms with Crippen LogP contribution in [0.2, 0.25) is 5.02 Å². The number of fused-ring (bicyclic) bond motifs is 1. The summed E-state index contributed by atoms with van der Waals surface area (Å²) < 4.78 is 27.4. The summed E-state index contributed by atoms with van der Waals surface area (Å²) in [5.74, 6) is -0.962. The highest BCUT2D eigenvalue weighted by Crippen LogP contribution is 2.39. The van der Waals surface area contributed by atoms with Gasteiger partial charge in [-0.25, -0.2) is 8.42 Å². The Balaban J connectivity index is 1.49. The maximum absolute atomic E-state index is 12.7. The summed E-state index contributed by atoms with van der Waals surface area (Å²) in [5, 5.41) is 3.65. The third-order valence-corrected chi connectivity index (χ3v) is 7.77. The lowest BCUT2D eigenvalue weighted by Crippen LogP contribution is -2.18. The topological polar surface area (TPSA) is 118 Å². The molecule has 0 fully saturated rings. The van der Waals surface area contributed by atoms with Gasteiger partial charge >= 0.3 is 0 Å². The Bertz CT molecular complexity index is 1270. The van der Waals surface area contributed by atoms with Gasteiger partial charge in [-0.3, -0.25) is 14.3 Å². The number of benzene rings is 2. The number of anilines is 2. The number of hydrogen-bond acceptors (Lipinski definition) is 5. The second-order valence-corrected chi connectivity index (χ2v) is 10.2. The van der Waals surface area contributed by atoms with Crippen molar-refractivity contribution in [2.24, 2.45) is 5.73 Å². The molecule has 1 aliphatic rings. The maximum atomic E-state index is 12.7. The van der Waals surface area contributed by atoms with Crippen LogP contribution in [0.1, 0.15) is 37.6 Å². The SMILES string of the molecule is NC(=O)c1c(NC(=O)c2ccc(NS(=O)(=O)c3ccc(Cl)cc3)cc2)sc2c1CCC2. The average molecular weight is 476 g/mol. The fourth-order valence-electron chi connectivity index (χ4n) is 3.45. The smallest absolute Gasteiger partial charge is 0.261 e. The maximum Gasteiger partial charge on any atom is 0.261 e. The Hall–Kier alpha value is -2.88. The molecule has 0 bridgehead atoms. The number of primary amides is 1. The van der Waals surface area contributed by atoms with E-state index in [1.807, 2.05) is 0 Å². The predicted molar refractivity (Wildman–Crippen MR) is 122 cm³/mol. The standard InChI is InChI=1S/C21H18ClN3O4S2/c22-13-6-10-15(11-7-13)31(28,29)25-14-8-4-12(5-9-14)20(27)24-21-18(19(23)26)16-2-1-3-17(16)30-21/h4-11,25H,1-3H2,(H2,23,26)(H,24,27). The molecule has 0 atom stereocenters. The van der Waals surface area contributed by atoms with E-state index in [2.05, 4.69) is 10.0 Å². The molecule has 1 aliphatic carbocycles. The van der Waals surface area contributed by atoms with Crippen molar-refractivity contribution in [1.82, 2.24) is 0 Å². The van der Waals surface area contributed by atoms with Gasteiger partial charge in [0.25, 0.3) is 21.8 Å². The Morgan fingerprint density at radius 1 is 1.00 bits per heavy atom. The normalized spacial score (nSPS) is 12.9. The first-order valence-corrected chi connectivity index (χ1v) is 12.1. The molecule has 4 N–H and O–H groups in total. The van der Waals surface area contributed by atoms with Crippen LogP contribution in [-0.4, -0.2) is 20.2 Å². The fourth-order valence-corrected chi connectivity index (χ4v) is 5.92. The molecule has 4 rings (SSSR count). The van der Waals surface area contributed by atoms with E-state index in [1.165, 1.54) is 59.9 Å². The first-order chi connectivity index (χ1) is 14.7. The molecule has 0 unspecified atom stereocenters. The van der Waals surface area contributed by atoms with Crippen molar-refractivity contribution in [1.29, 1.82) is 0 Å². The van der Waals surface area contributed by atoms with Gasteiger partial charge in [0.1, 0.15) is 5.00 Å². The van der Waals surface area contributed by atoms with E-state index < -0.39 is 21.8 Å². The molecule has 1 aromatic heterocycles. The molecule has 0 radical (unpaired) electrons. The molecular weight excluding hydrogens is 458 g/mol. The van der Waals surface area contributed by atoms with Crippen LogP contribution in [0.4, 0.5) is 10.7 Å². The highest BCUT2D eigenvalue weighted by atomic mass is 35.5. The summed E-state index contributed by atoms with van der Waals surface area (Å²) in [5.41, 5.74) is 7.47. The van der Waals surface area contributed by atoms with E-state index in [4.69, 9.17) is 17.3 Å². The van der Waals surface area contributed by atoms with Gasteiger partial charge in [0.05, 0.1) is 10.5 Å². The zero-order chi connectivity index (χ0) is 22.2. The number of aryl methyl sites for hydroxylation is 1. The second-order valence-electron chi connectivity index (χ2n) is 7.02. The molecule has 0 saturated heterocycles. The summed E-state index contributed by atoms with van der Waals surface area (Å²) in [6.07, 6.45) is 2.63. The number of sulfonamides is 1. The number of nitrogens with one attached hydrogen (secondary N) is 2. The van der Waals surface area contributed by atoms with Crippen molar-refractivity contribution in [3.05, 3.63) is 75.1 Å². The van der Waals surface area contributed by atoms with Crippen LogP contribution < -0.4 is 15.8 Å². The van der Waals surface area contributed by atoms with E-state index in [-0.39, 0.29) is 4.90 Å². The second kappa shape index (κ2) is 8.33. The minimum Gasteiger partial charge on any atom is -0.365 e. The summed E-state index contributed by atoms with van der Waals surface area (Å²) >= 11 is 7.17. The van der Waals surface area contributed by atoms with Crippen molar-refractivity contribution in [3.63, 3.8) is 0 Å². The van der Waals surface area contributed by atoms with Gasteiger partial charge < -0.3 is 11.1 Å². The average Bonchev–Trinajstić information content (AvgIpc) is 3.29. The van der Waals surface area contributed by atoms with Crippen molar-refractivity contribution in [2.75, 3.05) is 10.0 Å². The van der Waals surface area contributed by atoms with Crippen LogP contribution in [0.15, 0.2) is 53.4 Å². The Morgan fingerprint density at radius 3 is 2.32 bits per heavy atom. The molecule has 2 aromatic carbocycles. The molecule has 1 heterocycles. The quantitative estimate of drug-likeness (QED) is 0.498. The molecule has 0 saturated carbocycles. The third-order valence-electron chi connectivity index (χ3n) is 4.92. The molecule has 0 spiro atoms. The van der Waals surface area contributed by atoms with Gasteiger partial charge in [0, 0.05) is 21.2 Å². The van der Waals surface area contributed by atoms with Gasteiger partial charge in [-0.1, -0.05) is 11.6 Å². The van der Waals surface area contributed by atoms with Crippen LogP contribution in [0, 0.1) is 0 Å². The first-order valence-electron chi connectivity index (χ1n) is 9.39. The Kier molecular flexibility index (Phi) is 5.74. The minimum absolute atomic E-state index is 0.0726. The number of hydrogen-bond donors (Lipinski definition) is 3. The van der Waals surface area contributed by atoms with Crippen LogP contribution in [0.25, 0.3) is 0 Å². The van der Waals surface area contributed by atoms with Crippen molar-refractivity contribution in [2.45, 2.75) is 24.2 Å². The van der Waals surface area contributed by atoms with Crippen LogP contribution in [-0.2, 0) is 22.9 Å². The molecule has 2 amide bonds. The predicted octanol–water partition coefficient (Wildman–Crippen LogP) is 4.04. The summed E-state index contributed by atoms with van der Waals surface area (Å²) in [4.78, 5) is 25.7. The van der Waals surface area contributed by atoms with Crippen LogP contribution in [0.5, 0.6) is 0 Å². The van der Waals surface area contributed by atoms with Crippen molar-refractivity contribution >= 4 is 55.5 Å². The zero-order valence-electron chi connectivity index (χ0n) is 16.1. The molecule has 160 valence electrons. The van der Waals surface area contributed by atoms with Gasteiger partial charge in [-0.2, -0.15) is 0 Å². The number of carbonyl (C=O) groups is 2. The van der Waals surface area contributed by atoms with E-state index in [1.54, 1.807) is 0 Å². The highest BCUT2D eigenvalue weighted by Gasteiger charge is 2.26. The number of halogens is 1. The largest absolute Gasteiger partial charge is 0.365 e. The van der Waals surface area contributed by atoms with Gasteiger partial charge in [0.2, 0.25) is 0 Å². The van der Waals surface area contributed by atoms with Crippen molar-refractivity contribution in [3.8, 4) is 0 Å². The van der Waals surface area contributed by atoms with Crippen LogP contribution in [0.3, 0.4) is 0 Å².